The zero-order chi connectivity index (χ0) is 33.7. The van der Waals surface area contributed by atoms with Crippen LogP contribution in [0, 0.1) is 22.7 Å². The van der Waals surface area contributed by atoms with Crippen LogP contribution in [0.1, 0.15) is 88.8 Å². The number of alkyl halides is 2. The monoisotopic (exact) mass is 663 g/mol. The summed E-state index contributed by atoms with van der Waals surface area (Å²) < 4.78 is 47.2. The summed E-state index contributed by atoms with van der Waals surface area (Å²) in [5.41, 5.74) is -2.58. The number of ketones is 1. The van der Waals surface area contributed by atoms with E-state index in [4.69, 9.17) is 9.47 Å². The third kappa shape index (κ3) is 4.72. The summed E-state index contributed by atoms with van der Waals surface area (Å²) in [6, 6.07) is 12.5. The molecule has 0 radical (unpaired) electrons. The van der Waals surface area contributed by atoms with Gasteiger partial charge in [0.25, 0.3) is 0 Å². The van der Waals surface area contributed by atoms with Crippen LogP contribution in [0.5, 0.6) is 0 Å². The van der Waals surface area contributed by atoms with Crippen molar-refractivity contribution in [2.24, 2.45) is 22.7 Å². The van der Waals surface area contributed by atoms with Crippen molar-refractivity contribution in [3.05, 3.63) is 87.7 Å². The molecule has 0 amide bonds. The molecule has 2 aromatic rings. The van der Waals surface area contributed by atoms with Crippen molar-refractivity contribution in [1.82, 2.24) is 0 Å². The molecule has 0 unspecified atom stereocenters. The second kappa shape index (κ2) is 10.9. The molecule has 7 rings (SSSR count). The van der Waals surface area contributed by atoms with Crippen LogP contribution in [0.4, 0.5) is 14.5 Å². The molecule has 252 valence electrons. The number of Topliss-reactive ketones (excluding diaryl/α,β-unsaturated/α-hetero) is 1. The number of hydrogen-bond acceptors (Lipinski definition) is 6. The number of rotatable bonds is 6. The van der Waals surface area contributed by atoms with Gasteiger partial charge in [0.05, 0.1) is 17.1 Å². The lowest BCUT2D eigenvalue weighted by molar-refractivity contribution is -0.234. The number of carbonyl (C=O) groups excluding carboxylic acids is 1. The van der Waals surface area contributed by atoms with Gasteiger partial charge in [0, 0.05) is 45.7 Å². The number of hydrogen-bond donors (Lipinski definition) is 2. The Morgan fingerprint density at radius 1 is 1.17 bits per heavy atom. The summed E-state index contributed by atoms with van der Waals surface area (Å²) in [5.74, 6) is -1.35. The second-order valence-corrected chi connectivity index (χ2v) is 17.1. The largest absolute Gasteiger partial charge is 0.390 e. The minimum atomic E-state index is -2.11. The number of aliphatic hydroxyl groups excluding tert-OH is 1. The topological polar surface area (TPSA) is 67.8 Å². The SMILES string of the molecule is C=C1C=C[C@@]2(C)C(=C1)[C@@H](F)C[C@H]1[C@@H]3C[C@H]4O[C@@H](c5ccc(Cc6cccc(NC(C)(C)C)c6)s5)O[C@@]4(C(=O)CC)[C@@]3(C)C[C@H](O)[C@@]12F. The van der Waals surface area contributed by atoms with Gasteiger partial charge in [-0.1, -0.05) is 50.8 Å². The maximum atomic E-state index is 17.7. The van der Waals surface area contributed by atoms with Crippen LogP contribution in [0.15, 0.2) is 72.4 Å². The maximum Gasteiger partial charge on any atom is 0.194 e. The van der Waals surface area contributed by atoms with E-state index in [1.807, 2.05) is 19.9 Å². The van der Waals surface area contributed by atoms with Crippen LogP contribution >= 0.6 is 11.3 Å². The van der Waals surface area contributed by atoms with Crippen LogP contribution in [0.25, 0.3) is 0 Å². The Hall–Kier alpha value is -2.65. The molecular formula is C39H47F2NO4S. The molecular weight excluding hydrogens is 616 g/mol. The standard InChI is InChI=1S/C39H47F2NO4S/c1-8-31(43)39-33(45-34(46-39)30-13-12-25(47-30)18-23-10-9-11-24(17-23)42-35(3,4)5)20-26-27-19-29(40)28-16-22(2)14-15-36(28,6)38(27,41)32(44)21-37(26,39)7/h9-17,26-27,29,32-34,42,44H,2,8,18-21H2,1,3-7H3/t26-,27-,29-,32-,33+,34+,36-,37-,38-,39+/m0/s1. The van der Waals surface area contributed by atoms with Crippen molar-refractivity contribution in [1.29, 1.82) is 0 Å². The van der Waals surface area contributed by atoms with Crippen molar-refractivity contribution < 1.29 is 28.2 Å². The fourth-order valence-electron chi connectivity index (χ4n) is 9.92. The number of fused-ring (bicyclic) bond motifs is 7. The Labute approximate surface area is 281 Å². The minimum Gasteiger partial charge on any atom is -0.390 e. The molecule has 1 aromatic carbocycles. The summed E-state index contributed by atoms with van der Waals surface area (Å²) in [4.78, 5) is 16.1. The van der Waals surface area contributed by atoms with Crippen LogP contribution in [-0.2, 0) is 20.7 Å². The third-order valence-electron chi connectivity index (χ3n) is 11.9. The zero-order valence-electron chi connectivity index (χ0n) is 28.2. The van der Waals surface area contributed by atoms with E-state index in [1.54, 1.807) is 36.5 Å². The zero-order valence-corrected chi connectivity index (χ0v) is 29.1. The van der Waals surface area contributed by atoms with Crippen molar-refractivity contribution in [2.75, 3.05) is 5.32 Å². The van der Waals surface area contributed by atoms with E-state index < -0.39 is 58.6 Å². The number of thiophene rings is 1. The number of allylic oxidation sites excluding steroid dienone is 5. The fraction of sp³-hybridized carbons (Fsp3) is 0.564. The summed E-state index contributed by atoms with van der Waals surface area (Å²) in [6.07, 6.45) is 2.14. The molecule has 1 aromatic heterocycles. The number of nitrogens with one attached hydrogen (secondary N) is 1. The molecule has 8 heteroatoms. The average Bonchev–Trinajstić information content (AvgIpc) is 3.68. The van der Waals surface area contributed by atoms with Gasteiger partial charge in [-0.3, -0.25) is 4.79 Å². The van der Waals surface area contributed by atoms with Crippen LogP contribution < -0.4 is 5.32 Å². The van der Waals surface area contributed by atoms with Gasteiger partial charge in [0.15, 0.2) is 23.3 Å². The van der Waals surface area contributed by atoms with Crippen LogP contribution in [0.3, 0.4) is 0 Å². The van der Waals surface area contributed by atoms with E-state index in [1.165, 1.54) is 5.56 Å². The third-order valence-corrected chi connectivity index (χ3v) is 13.0. The first-order valence-corrected chi connectivity index (χ1v) is 17.8. The van der Waals surface area contributed by atoms with Gasteiger partial charge in [0.1, 0.15) is 6.17 Å². The molecule has 5 aliphatic rings. The average molecular weight is 664 g/mol. The van der Waals surface area contributed by atoms with E-state index in [9.17, 15) is 9.90 Å². The molecule has 2 heterocycles. The number of aliphatic hydroxyl groups is 1. The smallest absolute Gasteiger partial charge is 0.194 e. The fourth-order valence-corrected chi connectivity index (χ4v) is 10.9. The highest BCUT2D eigenvalue weighted by Gasteiger charge is 2.79. The first-order valence-electron chi connectivity index (χ1n) is 17.0. The lowest BCUT2D eigenvalue weighted by Gasteiger charge is -2.63. The summed E-state index contributed by atoms with van der Waals surface area (Å²) >= 11 is 1.60. The van der Waals surface area contributed by atoms with E-state index >= 15 is 8.78 Å². The summed E-state index contributed by atoms with van der Waals surface area (Å²) in [6.45, 7) is 15.8. The lowest BCUT2D eigenvalue weighted by atomic mass is 9.44. The number of anilines is 1. The molecule has 0 bridgehead atoms. The van der Waals surface area contributed by atoms with Gasteiger partial charge in [-0.05, 0) is 93.9 Å². The Morgan fingerprint density at radius 3 is 2.66 bits per heavy atom. The van der Waals surface area contributed by atoms with Gasteiger partial charge in [-0.25, -0.2) is 8.78 Å². The molecule has 1 saturated heterocycles. The van der Waals surface area contributed by atoms with E-state index in [2.05, 4.69) is 63.0 Å². The molecule has 10 atom stereocenters. The van der Waals surface area contributed by atoms with Crippen LogP contribution in [0.2, 0.25) is 0 Å². The lowest BCUT2D eigenvalue weighted by Crippen LogP contribution is -2.70. The molecule has 47 heavy (non-hydrogen) atoms. The molecule has 0 spiro atoms. The maximum absolute atomic E-state index is 17.7. The predicted molar refractivity (Wildman–Crippen MR) is 182 cm³/mol. The van der Waals surface area contributed by atoms with Crippen LogP contribution in [-0.4, -0.2) is 46.1 Å². The van der Waals surface area contributed by atoms with Gasteiger partial charge in [-0.15, -0.1) is 11.3 Å². The number of carbonyl (C=O) groups is 1. The normalized spacial score (nSPS) is 40.7. The molecule has 1 aliphatic heterocycles. The number of halogens is 2. The second-order valence-electron chi connectivity index (χ2n) is 15.9. The minimum absolute atomic E-state index is 0.0201. The molecule has 3 saturated carbocycles. The van der Waals surface area contributed by atoms with Gasteiger partial charge < -0.3 is 19.9 Å². The Balaban J connectivity index is 1.18. The first kappa shape index (κ1) is 32.9. The molecule has 4 aliphatic carbocycles. The molecule has 5 nitrogen and oxygen atoms in total. The highest BCUT2D eigenvalue weighted by Crippen LogP contribution is 2.73. The Bertz CT molecular complexity index is 1680. The highest BCUT2D eigenvalue weighted by atomic mass is 32.1. The van der Waals surface area contributed by atoms with Crippen molar-refractivity contribution in [3.63, 3.8) is 0 Å². The van der Waals surface area contributed by atoms with Crippen molar-refractivity contribution >= 4 is 22.8 Å². The first-order chi connectivity index (χ1) is 22.1. The highest BCUT2D eigenvalue weighted by molar-refractivity contribution is 7.12. The summed E-state index contributed by atoms with van der Waals surface area (Å²) in [5, 5.41) is 15.4. The number of ether oxygens (including phenoxy) is 2. The van der Waals surface area contributed by atoms with Gasteiger partial charge >= 0.3 is 0 Å². The number of benzene rings is 1. The van der Waals surface area contributed by atoms with Gasteiger partial charge in [0.2, 0.25) is 0 Å². The molecule has 2 N–H and O–H groups in total. The van der Waals surface area contributed by atoms with E-state index in [-0.39, 0.29) is 30.6 Å². The summed E-state index contributed by atoms with van der Waals surface area (Å²) in [7, 11) is 0. The molecule has 4 fully saturated rings. The van der Waals surface area contributed by atoms with Crippen molar-refractivity contribution in [2.45, 2.75) is 115 Å². The van der Waals surface area contributed by atoms with Crippen molar-refractivity contribution in [3.8, 4) is 0 Å². The van der Waals surface area contributed by atoms with Gasteiger partial charge in [-0.2, -0.15) is 0 Å². The van der Waals surface area contributed by atoms with E-state index in [0.29, 0.717) is 17.6 Å². The Kier molecular flexibility index (Phi) is 7.64. The Morgan fingerprint density at radius 2 is 1.94 bits per heavy atom. The predicted octanol–water partition coefficient (Wildman–Crippen LogP) is 8.60. The van der Waals surface area contributed by atoms with E-state index in [0.717, 1.165) is 21.9 Å². The quantitative estimate of drug-likeness (QED) is 0.324.